The molecule has 2 rings (SSSR count). The summed E-state index contributed by atoms with van der Waals surface area (Å²) in [5, 5.41) is 9.33. The van der Waals surface area contributed by atoms with Crippen LogP contribution in [-0.2, 0) is 14.8 Å². The van der Waals surface area contributed by atoms with Crippen LogP contribution < -0.4 is 4.72 Å². The van der Waals surface area contributed by atoms with Gasteiger partial charge in [0.1, 0.15) is 0 Å². The number of sulfonamides is 1. The SMILES string of the molecule is CC(C)C(Br)(NS(=O)(=O)c1ccc(-c2ccccc2)cc1)C(=O)O. The topological polar surface area (TPSA) is 83.5 Å². The van der Waals surface area contributed by atoms with E-state index in [4.69, 9.17) is 0 Å². The maximum Gasteiger partial charge on any atom is 0.336 e. The molecule has 7 heteroatoms. The van der Waals surface area contributed by atoms with Crippen LogP contribution in [0.15, 0.2) is 59.5 Å². The zero-order chi connectivity index (χ0) is 18.0. The van der Waals surface area contributed by atoms with Crippen molar-refractivity contribution in [3.05, 3.63) is 54.6 Å². The van der Waals surface area contributed by atoms with E-state index in [1.807, 2.05) is 30.3 Å². The molecule has 0 aliphatic rings. The van der Waals surface area contributed by atoms with Crippen LogP contribution in [0.3, 0.4) is 0 Å². The summed E-state index contributed by atoms with van der Waals surface area (Å²) in [6.07, 6.45) is 0. The van der Waals surface area contributed by atoms with Gasteiger partial charge in [0.25, 0.3) is 0 Å². The summed E-state index contributed by atoms with van der Waals surface area (Å²) in [4.78, 5) is 11.4. The van der Waals surface area contributed by atoms with Crippen molar-refractivity contribution in [2.45, 2.75) is 23.2 Å². The fraction of sp³-hybridized carbons (Fsp3) is 0.235. The minimum absolute atomic E-state index is 0.00732. The monoisotopic (exact) mass is 411 g/mol. The van der Waals surface area contributed by atoms with E-state index in [1.54, 1.807) is 26.0 Å². The van der Waals surface area contributed by atoms with Crippen molar-refractivity contribution >= 4 is 31.9 Å². The lowest BCUT2D eigenvalue weighted by Crippen LogP contribution is -2.53. The Labute approximate surface area is 149 Å². The maximum atomic E-state index is 12.5. The molecule has 24 heavy (non-hydrogen) atoms. The molecule has 2 N–H and O–H groups in total. The third-order valence-corrected chi connectivity index (χ3v) is 6.86. The maximum absolute atomic E-state index is 12.5. The first-order valence-corrected chi connectivity index (χ1v) is 9.56. The molecule has 0 amide bonds. The van der Waals surface area contributed by atoms with Crippen LogP contribution in [0.25, 0.3) is 11.1 Å². The van der Waals surface area contributed by atoms with Crippen molar-refractivity contribution in [3.8, 4) is 11.1 Å². The van der Waals surface area contributed by atoms with E-state index in [1.165, 1.54) is 12.1 Å². The Morgan fingerprint density at radius 3 is 2.00 bits per heavy atom. The van der Waals surface area contributed by atoms with Gasteiger partial charge in [-0.15, -0.1) is 0 Å². The third-order valence-electron chi connectivity index (χ3n) is 3.66. The molecule has 0 heterocycles. The summed E-state index contributed by atoms with van der Waals surface area (Å²) in [5.74, 6) is -1.78. The minimum Gasteiger partial charge on any atom is -0.479 e. The lowest BCUT2D eigenvalue weighted by molar-refractivity contribution is -0.141. The molecule has 0 aliphatic carbocycles. The van der Waals surface area contributed by atoms with Gasteiger partial charge < -0.3 is 5.11 Å². The predicted octanol–water partition coefficient (Wildman–Crippen LogP) is 3.46. The first-order valence-electron chi connectivity index (χ1n) is 7.28. The molecule has 0 bridgehead atoms. The molecule has 0 saturated carbocycles. The molecule has 0 fully saturated rings. The van der Waals surface area contributed by atoms with E-state index < -0.39 is 26.4 Å². The Bertz CT molecular complexity index is 819. The van der Waals surface area contributed by atoms with Crippen molar-refractivity contribution in [1.29, 1.82) is 0 Å². The number of carboxylic acids is 1. The zero-order valence-corrected chi connectivity index (χ0v) is 15.6. The number of halogens is 1. The lowest BCUT2D eigenvalue weighted by Gasteiger charge is -2.27. The molecule has 1 atom stereocenters. The summed E-state index contributed by atoms with van der Waals surface area (Å²) in [7, 11) is -3.98. The molecule has 5 nitrogen and oxygen atoms in total. The van der Waals surface area contributed by atoms with E-state index in [9.17, 15) is 18.3 Å². The highest BCUT2D eigenvalue weighted by Gasteiger charge is 2.43. The molecule has 1 unspecified atom stereocenters. The number of aliphatic carboxylic acids is 1. The van der Waals surface area contributed by atoms with E-state index >= 15 is 0 Å². The average molecular weight is 412 g/mol. The Balaban J connectivity index is 2.32. The van der Waals surface area contributed by atoms with Gasteiger partial charge in [-0.25, -0.2) is 13.2 Å². The van der Waals surface area contributed by atoms with Gasteiger partial charge in [0.05, 0.1) is 4.90 Å². The van der Waals surface area contributed by atoms with Gasteiger partial charge in [0.15, 0.2) is 4.45 Å². The minimum atomic E-state index is -3.98. The van der Waals surface area contributed by atoms with Crippen LogP contribution in [0.5, 0.6) is 0 Å². The highest BCUT2D eigenvalue weighted by Crippen LogP contribution is 2.28. The smallest absolute Gasteiger partial charge is 0.336 e. The summed E-state index contributed by atoms with van der Waals surface area (Å²) < 4.78 is 25.5. The standard InChI is InChI=1S/C17H18BrNO4S/c1-12(2)17(18,16(20)21)19-24(22,23)15-10-8-14(9-11-15)13-6-4-3-5-7-13/h3-12,19H,1-2H3,(H,20,21). The fourth-order valence-electron chi connectivity index (χ4n) is 2.12. The highest BCUT2D eigenvalue weighted by molar-refractivity contribution is 9.10. The molecule has 0 radical (unpaired) electrons. The molecule has 0 aromatic heterocycles. The van der Waals surface area contributed by atoms with Gasteiger partial charge in [0.2, 0.25) is 10.0 Å². The number of nitrogens with one attached hydrogen (secondary N) is 1. The number of hydrogen-bond acceptors (Lipinski definition) is 3. The fourth-order valence-corrected chi connectivity index (χ4v) is 4.09. The molecule has 0 spiro atoms. The third kappa shape index (κ3) is 3.85. The van der Waals surface area contributed by atoms with Gasteiger partial charge >= 0.3 is 5.97 Å². The summed E-state index contributed by atoms with van der Waals surface area (Å²) in [5.41, 5.74) is 1.85. The van der Waals surface area contributed by atoms with Crippen LogP contribution in [0.2, 0.25) is 0 Å². The Kier molecular flexibility index (Phi) is 5.47. The van der Waals surface area contributed by atoms with Gasteiger partial charge in [0, 0.05) is 0 Å². The second-order valence-electron chi connectivity index (χ2n) is 5.67. The number of hydrogen-bond donors (Lipinski definition) is 2. The van der Waals surface area contributed by atoms with Crippen LogP contribution in [-0.4, -0.2) is 23.9 Å². The quantitative estimate of drug-likeness (QED) is 0.562. The molecule has 2 aromatic carbocycles. The van der Waals surface area contributed by atoms with Gasteiger partial charge in [-0.3, -0.25) is 0 Å². The van der Waals surface area contributed by atoms with Gasteiger partial charge in [-0.05, 0) is 29.2 Å². The summed E-state index contributed by atoms with van der Waals surface area (Å²) >= 11 is 3.01. The predicted molar refractivity (Wildman–Crippen MR) is 96.3 cm³/mol. The number of carbonyl (C=O) groups is 1. The number of carboxylic acid groups (broad SMARTS) is 1. The first kappa shape index (κ1) is 18.6. The second-order valence-corrected chi connectivity index (χ2v) is 8.60. The Morgan fingerprint density at radius 1 is 1.04 bits per heavy atom. The Morgan fingerprint density at radius 2 is 1.54 bits per heavy atom. The summed E-state index contributed by atoms with van der Waals surface area (Å²) in [6.45, 7) is 3.23. The van der Waals surface area contributed by atoms with Crippen molar-refractivity contribution in [1.82, 2.24) is 4.72 Å². The van der Waals surface area contributed by atoms with Crippen molar-refractivity contribution in [3.63, 3.8) is 0 Å². The lowest BCUT2D eigenvalue weighted by atomic mass is 10.1. The molecule has 128 valence electrons. The van der Waals surface area contributed by atoms with E-state index in [0.29, 0.717) is 0 Å². The van der Waals surface area contributed by atoms with Crippen LogP contribution >= 0.6 is 15.9 Å². The van der Waals surface area contributed by atoms with Crippen LogP contribution in [0.4, 0.5) is 0 Å². The zero-order valence-electron chi connectivity index (χ0n) is 13.2. The molecule has 2 aromatic rings. The van der Waals surface area contributed by atoms with E-state index in [0.717, 1.165) is 11.1 Å². The average Bonchev–Trinajstić information content (AvgIpc) is 2.55. The van der Waals surface area contributed by atoms with Crippen LogP contribution in [0, 0.1) is 5.92 Å². The van der Waals surface area contributed by atoms with E-state index in [2.05, 4.69) is 20.7 Å². The van der Waals surface area contributed by atoms with Crippen molar-refractivity contribution in [2.24, 2.45) is 5.92 Å². The normalized spacial score (nSPS) is 14.3. The first-order chi connectivity index (χ1) is 11.2. The van der Waals surface area contributed by atoms with Crippen molar-refractivity contribution in [2.75, 3.05) is 0 Å². The molecular formula is C17H18BrNO4S. The number of alkyl halides is 1. The molecular weight excluding hydrogens is 394 g/mol. The summed E-state index contributed by atoms with van der Waals surface area (Å²) in [6, 6.07) is 15.8. The van der Waals surface area contributed by atoms with Gasteiger partial charge in [-0.2, -0.15) is 4.72 Å². The molecule has 0 saturated heterocycles. The van der Waals surface area contributed by atoms with Crippen LogP contribution in [0.1, 0.15) is 13.8 Å². The van der Waals surface area contributed by atoms with E-state index in [-0.39, 0.29) is 4.90 Å². The largest absolute Gasteiger partial charge is 0.479 e. The number of rotatable bonds is 6. The Hall–Kier alpha value is -1.70. The molecule has 0 aliphatic heterocycles. The van der Waals surface area contributed by atoms with Crippen molar-refractivity contribution < 1.29 is 18.3 Å². The second kappa shape index (κ2) is 7.04. The van der Waals surface area contributed by atoms with Gasteiger partial charge in [-0.1, -0.05) is 72.2 Å². The highest BCUT2D eigenvalue weighted by atomic mass is 79.9. The number of benzene rings is 2.